The molecule has 3 nitrogen and oxygen atoms in total. The summed E-state index contributed by atoms with van der Waals surface area (Å²) in [5.41, 5.74) is 0. The SMILES string of the molecule is CCC(O)C[N+]1(C)CCNCC1. The number of aliphatic hydroxyl groups is 1. The summed E-state index contributed by atoms with van der Waals surface area (Å²) in [7, 11) is 2.24. The first kappa shape index (κ1) is 9.96. The van der Waals surface area contributed by atoms with Crippen molar-refractivity contribution in [1.82, 2.24) is 5.32 Å². The number of aliphatic hydroxyl groups excluding tert-OH is 1. The molecule has 1 fully saturated rings. The van der Waals surface area contributed by atoms with Crippen molar-refractivity contribution in [2.75, 3.05) is 39.8 Å². The van der Waals surface area contributed by atoms with Gasteiger partial charge < -0.3 is 14.9 Å². The van der Waals surface area contributed by atoms with E-state index in [1.54, 1.807) is 0 Å². The molecule has 3 heteroatoms. The van der Waals surface area contributed by atoms with Gasteiger partial charge in [0, 0.05) is 13.1 Å². The minimum absolute atomic E-state index is 0.118. The van der Waals surface area contributed by atoms with E-state index in [4.69, 9.17) is 0 Å². The Kier molecular flexibility index (Phi) is 3.50. The Bertz CT molecular complexity index is 132. The molecule has 72 valence electrons. The van der Waals surface area contributed by atoms with Crippen molar-refractivity contribution in [2.45, 2.75) is 19.4 Å². The predicted octanol–water partition coefficient (Wildman–Crippen LogP) is -0.193. The Morgan fingerprint density at radius 2 is 2.00 bits per heavy atom. The van der Waals surface area contributed by atoms with Crippen LogP contribution in [0.25, 0.3) is 0 Å². The Hall–Kier alpha value is -0.120. The minimum atomic E-state index is -0.118. The Morgan fingerprint density at radius 1 is 1.42 bits per heavy atom. The molecule has 2 N–H and O–H groups in total. The molecule has 0 spiro atoms. The van der Waals surface area contributed by atoms with Crippen molar-refractivity contribution >= 4 is 0 Å². The maximum absolute atomic E-state index is 9.54. The summed E-state index contributed by atoms with van der Waals surface area (Å²) < 4.78 is 1.03. The van der Waals surface area contributed by atoms with Gasteiger partial charge in [0.15, 0.2) is 0 Å². The zero-order valence-corrected chi connectivity index (χ0v) is 8.21. The lowest BCUT2D eigenvalue weighted by Gasteiger charge is -2.39. The van der Waals surface area contributed by atoms with Crippen molar-refractivity contribution in [2.24, 2.45) is 0 Å². The van der Waals surface area contributed by atoms with Gasteiger partial charge in [0.2, 0.25) is 0 Å². The van der Waals surface area contributed by atoms with E-state index in [-0.39, 0.29) is 6.10 Å². The van der Waals surface area contributed by atoms with Gasteiger partial charge in [-0.15, -0.1) is 0 Å². The van der Waals surface area contributed by atoms with E-state index in [2.05, 4.69) is 12.4 Å². The number of nitrogens with zero attached hydrogens (tertiary/aromatic N) is 1. The molecule has 0 amide bonds. The summed E-state index contributed by atoms with van der Waals surface area (Å²) in [6, 6.07) is 0. The summed E-state index contributed by atoms with van der Waals surface area (Å²) in [5, 5.41) is 12.9. The average Bonchev–Trinajstić information content (AvgIpc) is 2.05. The fourth-order valence-electron chi connectivity index (χ4n) is 1.76. The highest BCUT2D eigenvalue weighted by atomic mass is 16.3. The number of hydrogen-bond donors (Lipinski definition) is 2. The van der Waals surface area contributed by atoms with E-state index in [0.717, 1.165) is 43.6 Å². The Balaban J connectivity index is 2.35. The monoisotopic (exact) mass is 173 g/mol. The van der Waals surface area contributed by atoms with Gasteiger partial charge in [-0.05, 0) is 6.42 Å². The Morgan fingerprint density at radius 3 is 2.50 bits per heavy atom. The van der Waals surface area contributed by atoms with Crippen LogP contribution in [0.2, 0.25) is 0 Å². The van der Waals surface area contributed by atoms with Gasteiger partial charge in [0.25, 0.3) is 0 Å². The van der Waals surface area contributed by atoms with Crippen molar-refractivity contribution < 1.29 is 9.59 Å². The molecule has 12 heavy (non-hydrogen) atoms. The second-order valence-electron chi connectivity index (χ2n) is 4.06. The van der Waals surface area contributed by atoms with Crippen LogP contribution in [0.15, 0.2) is 0 Å². The molecule has 1 atom stereocenters. The highest BCUT2D eigenvalue weighted by Gasteiger charge is 2.26. The zero-order valence-electron chi connectivity index (χ0n) is 8.21. The van der Waals surface area contributed by atoms with Crippen LogP contribution in [0.1, 0.15) is 13.3 Å². The van der Waals surface area contributed by atoms with Crippen LogP contribution in [-0.4, -0.2) is 55.5 Å². The van der Waals surface area contributed by atoms with Gasteiger partial charge >= 0.3 is 0 Å². The number of quaternary nitrogens is 1. The average molecular weight is 173 g/mol. The summed E-state index contributed by atoms with van der Waals surface area (Å²) in [6.07, 6.45) is 0.759. The Labute approximate surface area is 75.0 Å². The maximum Gasteiger partial charge on any atom is 0.105 e. The molecule has 1 heterocycles. The van der Waals surface area contributed by atoms with Gasteiger partial charge in [0.1, 0.15) is 12.6 Å². The van der Waals surface area contributed by atoms with Crippen LogP contribution >= 0.6 is 0 Å². The van der Waals surface area contributed by atoms with E-state index in [9.17, 15) is 5.11 Å². The molecule has 0 bridgehead atoms. The smallest absolute Gasteiger partial charge is 0.105 e. The molecule has 0 aliphatic carbocycles. The summed E-state index contributed by atoms with van der Waals surface area (Å²) >= 11 is 0. The van der Waals surface area contributed by atoms with Gasteiger partial charge in [-0.2, -0.15) is 0 Å². The third-order valence-electron chi connectivity index (χ3n) is 2.78. The summed E-state index contributed by atoms with van der Waals surface area (Å²) in [4.78, 5) is 0. The van der Waals surface area contributed by atoms with Crippen LogP contribution in [-0.2, 0) is 0 Å². The molecule has 0 saturated carbocycles. The van der Waals surface area contributed by atoms with E-state index >= 15 is 0 Å². The molecular formula is C9H21N2O+. The molecule has 0 aromatic heterocycles. The lowest BCUT2D eigenvalue weighted by molar-refractivity contribution is -0.914. The zero-order chi connectivity index (χ0) is 9.03. The van der Waals surface area contributed by atoms with E-state index in [0.29, 0.717) is 0 Å². The fraction of sp³-hybridized carbons (Fsp3) is 1.00. The second-order valence-corrected chi connectivity index (χ2v) is 4.06. The minimum Gasteiger partial charge on any atom is -0.387 e. The van der Waals surface area contributed by atoms with Crippen LogP contribution in [0.5, 0.6) is 0 Å². The molecule has 1 aliphatic rings. The standard InChI is InChI=1S/C9H21N2O/c1-3-9(12)8-11(2)6-4-10-5-7-11/h9-10,12H,3-8H2,1-2H3/q+1. The second kappa shape index (κ2) is 4.21. The maximum atomic E-state index is 9.54. The summed E-state index contributed by atoms with van der Waals surface area (Å²) in [5.74, 6) is 0. The fourth-order valence-corrected chi connectivity index (χ4v) is 1.76. The van der Waals surface area contributed by atoms with Crippen LogP contribution < -0.4 is 5.32 Å². The van der Waals surface area contributed by atoms with Gasteiger partial charge in [-0.25, -0.2) is 0 Å². The highest BCUT2D eigenvalue weighted by molar-refractivity contribution is 4.58. The van der Waals surface area contributed by atoms with Crippen molar-refractivity contribution in [3.05, 3.63) is 0 Å². The molecule has 1 aliphatic heterocycles. The first-order valence-electron chi connectivity index (χ1n) is 4.88. The normalized spacial score (nSPS) is 25.2. The lowest BCUT2D eigenvalue weighted by atomic mass is 10.2. The molecule has 0 aromatic rings. The molecule has 1 unspecified atom stereocenters. The van der Waals surface area contributed by atoms with Crippen molar-refractivity contribution in [1.29, 1.82) is 0 Å². The van der Waals surface area contributed by atoms with Gasteiger partial charge in [-0.1, -0.05) is 6.92 Å². The predicted molar refractivity (Wildman–Crippen MR) is 50.0 cm³/mol. The molecule has 1 rings (SSSR count). The number of piperazine rings is 1. The molecular weight excluding hydrogens is 152 g/mol. The van der Waals surface area contributed by atoms with Gasteiger partial charge in [-0.3, -0.25) is 0 Å². The van der Waals surface area contributed by atoms with Crippen molar-refractivity contribution in [3.63, 3.8) is 0 Å². The summed E-state index contributed by atoms with van der Waals surface area (Å²) in [6.45, 7) is 7.44. The number of nitrogens with one attached hydrogen (secondary N) is 1. The van der Waals surface area contributed by atoms with E-state index < -0.39 is 0 Å². The molecule has 0 aromatic carbocycles. The van der Waals surface area contributed by atoms with E-state index in [1.807, 2.05) is 6.92 Å². The third kappa shape index (κ3) is 2.73. The van der Waals surface area contributed by atoms with Crippen molar-refractivity contribution in [3.8, 4) is 0 Å². The quantitative estimate of drug-likeness (QED) is 0.580. The molecule has 0 radical (unpaired) electrons. The molecule has 1 saturated heterocycles. The largest absolute Gasteiger partial charge is 0.387 e. The van der Waals surface area contributed by atoms with Gasteiger partial charge in [0.05, 0.1) is 20.1 Å². The first-order chi connectivity index (χ1) is 5.66. The van der Waals surface area contributed by atoms with Crippen LogP contribution in [0, 0.1) is 0 Å². The number of likely N-dealkylation sites (N-methyl/N-ethyl adjacent to an activating group) is 1. The number of hydrogen-bond acceptors (Lipinski definition) is 2. The first-order valence-corrected chi connectivity index (χ1v) is 4.88. The topological polar surface area (TPSA) is 32.3 Å². The highest BCUT2D eigenvalue weighted by Crippen LogP contribution is 2.07. The van der Waals surface area contributed by atoms with E-state index in [1.165, 1.54) is 0 Å². The van der Waals surface area contributed by atoms with Crippen LogP contribution in [0.4, 0.5) is 0 Å². The number of rotatable bonds is 3. The third-order valence-corrected chi connectivity index (χ3v) is 2.78. The lowest BCUT2D eigenvalue weighted by Crippen LogP contribution is -2.58. The van der Waals surface area contributed by atoms with Crippen LogP contribution in [0.3, 0.4) is 0 Å².